The molecule has 0 saturated carbocycles. The molecule has 0 aliphatic heterocycles. The van der Waals surface area contributed by atoms with E-state index in [-0.39, 0.29) is 6.04 Å². The second-order valence-corrected chi connectivity index (χ2v) is 7.57. The number of aryl methyl sites for hydroxylation is 1. The Morgan fingerprint density at radius 1 is 1.29 bits per heavy atom. The van der Waals surface area contributed by atoms with Gasteiger partial charge in [0.05, 0.1) is 22.4 Å². The van der Waals surface area contributed by atoms with E-state index in [1.807, 2.05) is 25.0 Å². The first-order valence-electron chi connectivity index (χ1n) is 6.92. The lowest BCUT2D eigenvalue weighted by atomic mass is 10.2. The summed E-state index contributed by atoms with van der Waals surface area (Å²) in [5.74, 6) is 0.964. The lowest BCUT2D eigenvalue weighted by Gasteiger charge is -2.18. The first-order valence-corrected chi connectivity index (χ1v) is 9.49. The molecule has 1 aromatic carbocycles. The molecule has 1 unspecified atom stereocenters. The Balaban J connectivity index is 2.09. The molecule has 0 fully saturated rings. The van der Waals surface area contributed by atoms with E-state index in [4.69, 9.17) is 0 Å². The number of benzene rings is 1. The standard InChI is InChI=1S/C15H19Br2N3S/c1-3-8-20-15(13(17)9-19-20)14(18-2)10-21-12-6-4-11(16)5-7-12/h4-7,9,14,18H,3,8,10H2,1-2H3. The number of hydrogen-bond donors (Lipinski definition) is 1. The van der Waals surface area contributed by atoms with Crippen LogP contribution in [-0.4, -0.2) is 22.6 Å². The Morgan fingerprint density at radius 3 is 2.62 bits per heavy atom. The lowest BCUT2D eigenvalue weighted by Crippen LogP contribution is -2.23. The minimum atomic E-state index is 0.266. The van der Waals surface area contributed by atoms with Crippen LogP contribution in [-0.2, 0) is 6.54 Å². The van der Waals surface area contributed by atoms with Crippen LogP contribution in [0.25, 0.3) is 0 Å². The maximum absolute atomic E-state index is 4.46. The van der Waals surface area contributed by atoms with Crippen molar-refractivity contribution in [1.29, 1.82) is 0 Å². The average Bonchev–Trinajstić information content (AvgIpc) is 2.84. The molecule has 21 heavy (non-hydrogen) atoms. The van der Waals surface area contributed by atoms with Gasteiger partial charge in [-0.15, -0.1) is 11.8 Å². The molecule has 0 aliphatic carbocycles. The number of aromatic nitrogens is 2. The van der Waals surface area contributed by atoms with E-state index in [1.165, 1.54) is 10.6 Å². The van der Waals surface area contributed by atoms with E-state index in [9.17, 15) is 0 Å². The summed E-state index contributed by atoms with van der Waals surface area (Å²) in [5, 5.41) is 7.86. The summed E-state index contributed by atoms with van der Waals surface area (Å²) in [7, 11) is 2.00. The SMILES string of the molecule is CCCn1ncc(Br)c1C(CSc1ccc(Br)cc1)NC. The van der Waals surface area contributed by atoms with Crippen LogP contribution in [0.5, 0.6) is 0 Å². The third-order valence-corrected chi connectivity index (χ3v) is 5.42. The number of nitrogens with one attached hydrogen (secondary N) is 1. The number of thioether (sulfide) groups is 1. The molecular weight excluding hydrogens is 414 g/mol. The normalized spacial score (nSPS) is 12.6. The van der Waals surface area contributed by atoms with Crippen molar-refractivity contribution in [1.82, 2.24) is 15.1 Å². The number of nitrogens with zero attached hydrogens (tertiary/aromatic N) is 2. The van der Waals surface area contributed by atoms with Gasteiger partial charge in [0.2, 0.25) is 0 Å². The van der Waals surface area contributed by atoms with Gasteiger partial charge in [-0.05, 0) is 53.7 Å². The molecule has 0 aliphatic rings. The molecule has 1 aromatic heterocycles. The lowest BCUT2D eigenvalue weighted by molar-refractivity contribution is 0.523. The number of hydrogen-bond acceptors (Lipinski definition) is 3. The van der Waals surface area contributed by atoms with E-state index < -0.39 is 0 Å². The van der Waals surface area contributed by atoms with E-state index in [1.54, 1.807) is 0 Å². The molecule has 0 bridgehead atoms. The summed E-state index contributed by atoms with van der Waals surface area (Å²) in [5.41, 5.74) is 1.23. The van der Waals surface area contributed by atoms with Crippen LogP contribution in [0, 0.1) is 0 Å². The zero-order chi connectivity index (χ0) is 15.2. The van der Waals surface area contributed by atoms with Gasteiger partial charge in [-0.2, -0.15) is 5.10 Å². The minimum Gasteiger partial charge on any atom is -0.311 e. The number of rotatable bonds is 7. The highest BCUT2D eigenvalue weighted by molar-refractivity contribution is 9.10. The maximum Gasteiger partial charge on any atom is 0.0704 e. The molecule has 6 heteroatoms. The van der Waals surface area contributed by atoms with E-state index in [0.717, 1.165) is 27.7 Å². The molecule has 114 valence electrons. The van der Waals surface area contributed by atoms with Gasteiger partial charge in [0.1, 0.15) is 0 Å². The molecular formula is C15H19Br2N3S. The van der Waals surface area contributed by atoms with Crippen LogP contribution in [0.1, 0.15) is 25.1 Å². The Bertz CT molecular complexity index is 569. The van der Waals surface area contributed by atoms with Crippen LogP contribution in [0.2, 0.25) is 0 Å². The second-order valence-electron chi connectivity index (χ2n) is 4.71. The molecule has 2 aromatic rings. The molecule has 0 radical (unpaired) electrons. The molecule has 1 heterocycles. The van der Waals surface area contributed by atoms with Crippen molar-refractivity contribution in [3.05, 3.63) is 45.1 Å². The van der Waals surface area contributed by atoms with Gasteiger partial charge in [-0.3, -0.25) is 4.68 Å². The molecule has 0 saturated heterocycles. The Kier molecular flexibility index (Phi) is 6.79. The van der Waals surface area contributed by atoms with Crippen LogP contribution in [0.4, 0.5) is 0 Å². The maximum atomic E-state index is 4.46. The smallest absolute Gasteiger partial charge is 0.0704 e. The summed E-state index contributed by atoms with van der Waals surface area (Å²) >= 11 is 8.94. The van der Waals surface area contributed by atoms with Gasteiger partial charge in [0.15, 0.2) is 0 Å². The first kappa shape index (κ1) is 17.1. The van der Waals surface area contributed by atoms with Crippen LogP contribution in [0.15, 0.2) is 44.3 Å². The Labute approximate surface area is 147 Å². The summed E-state index contributed by atoms with van der Waals surface area (Å²) in [6.07, 6.45) is 2.97. The molecule has 1 atom stereocenters. The second kappa shape index (κ2) is 8.36. The first-order chi connectivity index (χ1) is 10.2. The topological polar surface area (TPSA) is 29.9 Å². The van der Waals surface area contributed by atoms with Gasteiger partial charge in [-0.1, -0.05) is 22.9 Å². The molecule has 3 nitrogen and oxygen atoms in total. The third kappa shape index (κ3) is 4.58. The van der Waals surface area contributed by atoms with Crippen molar-refractivity contribution < 1.29 is 0 Å². The fourth-order valence-electron chi connectivity index (χ4n) is 2.12. The van der Waals surface area contributed by atoms with E-state index in [0.29, 0.717) is 0 Å². The highest BCUT2D eigenvalue weighted by atomic mass is 79.9. The summed E-state index contributed by atoms with van der Waals surface area (Å²) in [6.45, 7) is 3.12. The average molecular weight is 433 g/mol. The summed E-state index contributed by atoms with van der Waals surface area (Å²) < 4.78 is 4.28. The van der Waals surface area contributed by atoms with Gasteiger partial charge >= 0.3 is 0 Å². The van der Waals surface area contributed by atoms with Gasteiger partial charge in [-0.25, -0.2) is 0 Å². The molecule has 0 amide bonds. The largest absolute Gasteiger partial charge is 0.311 e. The Morgan fingerprint density at radius 2 is 2.00 bits per heavy atom. The van der Waals surface area contributed by atoms with Crippen molar-refractivity contribution >= 4 is 43.6 Å². The predicted octanol–water partition coefficient (Wildman–Crippen LogP) is 4.87. The third-order valence-electron chi connectivity index (χ3n) is 3.18. The molecule has 1 N–H and O–H groups in total. The highest BCUT2D eigenvalue weighted by Gasteiger charge is 2.18. The summed E-state index contributed by atoms with van der Waals surface area (Å²) in [4.78, 5) is 1.27. The van der Waals surface area contributed by atoms with Crippen molar-refractivity contribution in [2.45, 2.75) is 30.8 Å². The van der Waals surface area contributed by atoms with Crippen LogP contribution >= 0.6 is 43.6 Å². The van der Waals surface area contributed by atoms with Crippen molar-refractivity contribution in [3.8, 4) is 0 Å². The van der Waals surface area contributed by atoms with Gasteiger partial charge in [0, 0.05) is 21.7 Å². The van der Waals surface area contributed by atoms with Crippen LogP contribution in [0.3, 0.4) is 0 Å². The molecule has 2 rings (SSSR count). The van der Waals surface area contributed by atoms with Gasteiger partial charge in [0.25, 0.3) is 0 Å². The minimum absolute atomic E-state index is 0.266. The van der Waals surface area contributed by atoms with E-state index >= 15 is 0 Å². The van der Waals surface area contributed by atoms with Gasteiger partial charge < -0.3 is 5.32 Å². The molecule has 0 spiro atoms. The zero-order valence-corrected chi connectivity index (χ0v) is 16.1. The summed E-state index contributed by atoms with van der Waals surface area (Å²) in [6, 6.07) is 8.70. The van der Waals surface area contributed by atoms with Crippen molar-refractivity contribution in [2.75, 3.05) is 12.8 Å². The Hall–Kier alpha value is -0.300. The number of halogens is 2. The fraction of sp³-hybridized carbons (Fsp3) is 0.400. The van der Waals surface area contributed by atoms with Crippen LogP contribution < -0.4 is 5.32 Å². The quantitative estimate of drug-likeness (QED) is 0.632. The zero-order valence-electron chi connectivity index (χ0n) is 12.1. The predicted molar refractivity (Wildman–Crippen MR) is 96.9 cm³/mol. The van der Waals surface area contributed by atoms with Crippen molar-refractivity contribution in [3.63, 3.8) is 0 Å². The highest BCUT2D eigenvalue weighted by Crippen LogP contribution is 2.29. The van der Waals surface area contributed by atoms with E-state index in [2.05, 4.69) is 78.1 Å². The van der Waals surface area contributed by atoms with Crippen molar-refractivity contribution in [2.24, 2.45) is 0 Å². The fourth-order valence-corrected chi connectivity index (χ4v) is 3.97. The monoisotopic (exact) mass is 431 g/mol.